The highest BCUT2D eigenvalue weighted by Gasteiger charge is 2.13. The Kier molecular flexibility index (Phi) is 7.39. The third-order valence-electron chi connectivity index (χ3n) is 3.39. The van der Waals surface area contributed by atoms with Crippen molar-refractivity contribution in [3.05, 3.63) is 58.6 Å². The molecule has 0 aromatic heterocycles. The van der Waals surface area contributed by atoms with Crippen LogP contribution in [0.1, 0.15) is 15.9 Å². The van der Waals surface area contributed by atoms with Crippen molar-refractivity contribution in [2.75, 3.05) is 13.7 Å². The molecule has 0 aliphatic rings. The average Bonchev–Trinajstić information content (AvgIpc) is 2.67. The van der Waals surface area contributed by atoms with E-state index in [0.29, 0.717) is 22.1 Å². The maximum atomic E-state index is 12.2. The van der Waals surface area contributed by atoms with Crippen LogP contribution >= 0.6 is 23.8 Å². The Morgan fingerprint density at radius 3 is 2.59 bits per heavy atom. The summed E-state index contributed by atoms with van der Waals surface area (Å²) in [4.78, 5) is 24.0. The van der Waals surface area contributed by atoms with Crippen LogP contribution in [0.15, 0.2) is 42.5 Å². The molecule has 3 N–H and O–H groups in total. The van der Waals surface area contributed by atoms with Gasteiger partial charge in [0.25, 0.3) is 11.8 Å². The fourth-order valence-electron chi connectivity index (χ4n) is 2.05. The predicted molar refractivity (Wildman–Crippen MR) is 106 cm³/mol. The summed E-state index contributed by atoms with van der Waals surface area (Å²) in [7, 11) is 1.46. The Hall–Kier alpha value is -2.84. The smallest absolute Gasteiger partial charge is 0.276 e. The molecule has 0 atom stereocenters. The number of hydrazine groups is 1. The number of hydrogen-bond acceptors (Lipinski definition) is 5. The SMILES string of the molecule is COc1ccccc1C(=O)NC(=S)NNC(=O)COc1ccc(Cl)c(C)c1. The number of ether oxygens (including phenoxy) is 2. The zero-order valence-corrected chi connectivity index (χ0v) is 16.2. The van der Waals surface area contributed by atoms with Gasteiger partial charge in [0.1, 0.15) is 11.5 Å². The monoisotopic (exact) mass is 407 g/mol. The van der Waals surface area contributed by atoms with Crippen LogP contribution in [0.3, 0.4) is 0 Å². The molecule has 0 radical (unpaired) electrons. The van der Waals surface area contributed by atoms with E-state index in [-0.39, 0.29) is 11.7 Å². The number of halogens is 1. The van der Waals surface area contributed by atoms with Crippen molar-refractivity contribution >= 4 is 40.7 Å². The van der Waals surface area contributed by atoms with Crippen molar-refractivity contribution in [2.24, 2.45) is 0 Å². The van der Waals surface area contributed by atoms with Crippen LogP contribution in [0, 0.1) is 6.92 Å². The van der Waals surface area contributed by atoms with Crippen LogP contribution in [-0.4, -0.2) is 30.6 Å². The summed E-state index contributed by atoms with van der Waals surface area (Å²) in [5.41, 5.74) is 5.93. The lowest BCUT2D eigenvalue weighted by atomic mass is 10.2. The lowest BCUT2D eigenvalue weighted by Gasteiger charge is -2.12. The molecule has 0 bridgehead atoms. The van der Waals surface area contributed by atoms with Crippen LogP contribution in [0.5, 0.6) is 11.5 Å². The molecule has 0 aliphatic heterocycles. The van der Waals surface area contributed by atoms with Crippen molar-refractivity contribution in [3.63, 3.8) is 0 Å². The standard InChI is InChI=1S/C18H18ClN3O4S/c1-11-9-12(7-8-14(11)19)26-10-16(23)21-22-18(27)20-17(24)13-5-3-4-6-15(13)25-2/h3-9H,10H2,1-2H3,(H,21,23)(H2,20,22,24,27). The summed E-state index contributed by atoms with van der Waals surface area (Å²) in [6.07, 6.45) is 0. The first-order valence-electron chi connectivity index (χ1n) is 7.83. The van der Waals surface area contributed by atoms with Gasteiger partial charge in [-0.2, -0.15) is 0 Å². The minimum absolute atomic E-state index is 0.0680. The zero-order valence-electron chi connectivity index (χ0n) is 14.7. The van der Waals surface area contributed by atoms with E-state index in [1.165, 1.54) is 7.11 Å². The summed E-state index contributed by atoms with van der Waals surface area (Å²) >= 11 is 10.9. The first-order valence-corrected chi connectivity index (χ1v) is 8.61. The number of para-hydroxylation sites is 1. The fraction of sp³-hybridized carbons (Fsp3) is 0.167. The first kappa shape index (κ1) is 20.5. The van der Waals surface area contributed by atoms with E-state index in [1.807, 2.05) is 6.92 Å². The van der Waals surface area contributed by atoms with E-state index in [0.717, 1.165) is 5.56 Å². The topological polar surface area (TPSA) is 88.7 Å². The molecule has 0 aliphatic carbocycles. The lowest BCUT2D eigenvalue weighted by molar-refractivity contribution is -0.123. The van der Waals surface area contributed by atoms with E-state index in [4.69, 9.17) is 33.3 Å². The molecule has 9 heteroatoms. The summed E-state index contributed by atoms with van der Waals surface area (Å²) in [6, 6.07) is 11.8. The van der Waals surface area contributed by atoms with Gasteiger partial charge in [0.2, 0.25) is 0 Å². The number of amides is 2. The number of hydrogen-bond donors (Lipinski definition) is 3. The third kappa shape index (κ3) is 6.12. The van der Waals surface area contributed by atoms with E-state index in [9.17, 15) is 9.59 Å². The van der Waals surface area contributed by atoms with Crippen molar-refractivity contribution in [1.82, 2.24) is 16.2 Å². The van der Waals surface area contributed by atoms with Crippen LogP contribution in [-0.2, 0) is 4.79 Å². The number of thiocarbonyl (C=S) groups is 1. The van der Waals surface area contributed by atoms with Crippen molar-refractivity contribution in [3.8, 4) is 11.5 Å². The number of benzene rings is 2. The minimum Gasteiger partial charge on any atom is -0.496 e. The number of rotatable bonds is 5. The van der Waals surface area contributed by atoms with Crippen LogP contribution in [0.4, 0.5) is 0 Å². The van der Waals surface area contributed by atoms with E-state index >= 15 is 0 Å². The van der Waals surface area contributed by atoms with Crippen LogP contribution in [0.25, 0.3) is 0 Å². The molecule has 2 rings (SSSR count). The number of methoxy groups -OCH3 is 1. The maximum absolute atomic E-state index is 12.2. The Morgan fingerprint density at radius 2 is 1.89 bits per heavy atom. The molecular weight excluding hydrogens is 390 g/mol. The average molecular weight is 408 g/mol. The molecule has 0 spiro atoms. The van der Waals surface area contributed by atoms with Crippen LogP contribution < -0.4 is 25.6 Å². The Balaban J connectivity index is 1.78. The summed E-state index contributed by atoms with van der Waals surface area (Å²) in [5, 5.41) is 2.99. The summed E-state index contributed by atoms with van der Waals surface area (Å²) < 4.78 is 10.5. The van der Waals surface area contributed by atoms with Gasteiger partial charge in [-0.25, -0.2) is 0 Å². The van der Waals surface area contributed by atoms with E-state index < -0.39 is 11.8 Å². The molecule has 2 aromatic carbocycles. The first-order chi connectivity index (χ1) is 12.9. The second-order valence-corrected chi connectivity index (χ2v) is 6.17. The second kappa shape index (κ2) is 9.75. The maximum Gasteiger partial charge on any atom is 0.276 e. The fourth-order valence-corrected chi connectivity index (χ4v) is 2.31. The Bertz CT molecular complexity index is 860. The van der Waals surface area contributed by atoms with Gasteiger partial charge in [-0.05, 0) is 55.0 Å². The van der Waals surface area contributed by atoms with E-state index in [1.54, 1.807) is 42.5 Å². The number of carbonyl (C=O) groups is 2. The van der Waals surface area contributed by atoms with Gasteiger partial charge in [0, 0.05) is 5.02 Å². The van der Waals surface area contributed by atoms with Gasteiger partial charge >= 0.3 is 0 Å². The zero-order chi connectivity index (χ0) is 19.8. The van der Waals surface area contributed by atoms with Gasteiger partial charge in [-0.1, -0.05) is 23.7 Å². The van der Waals surface area contributed by atoms with Gasteiger partial charge in [-0.15, -0.1) is 0 Å². The molecule has 2 aromatic rings. The summed E-state index contributed by atoms with van der Waals surface area (Å²) in [6.45, 7) is 1.59. The molecule has 0 saturated heterocycles. The van der Waals surface area contributed by atoms with E-state index in [2.05, 4.69) is 16.2 Å². The van der Waals surface area contributed by atoms with Crippen LogP contribution in [0.2, 0.25) is 5.02 Å². The number of aryl methyl sites for hydroxylation is 1. The van der Waals surface area contributed by atoms with Gasteiger partial charge in [-0.3, -0.25) is 25.8 Å². The second-order valence-electron chi connectivity index (χ2n) is 5.36. The highest BCUT2D eigenvalue weighted by atomic mass is 35.5. The Morgan fingerprint density at radius 1 is 1.15 bits per heavy atom. The van der Waals surface area contributed by atoms with Gasteiger partial charge in [0.15, 0.2) is 11.7 Å². The molecule has 0 saturated carbocycles. The number of carbonyl (C=O) groups excluding carboxylic acids is 2. The quantitative estimate of drug-likeness (QED) is 0.521. The molecule has 2 amide bonds. The molecule has 142 valence electrons. The third-order valence-corrected chi connectivity index (χ3v) is 4.02. The normalized spacial score (nSPS) is 9.89. The molecule has 0 fully saturated rings. The van der Waals surface area contributed by atoms with Crippen molar-refractivity contribution in [1.29, 1.82) is 0 Å². The largest absolute Gasteiger partial charge is 0.496 e. The Labute approximate surface area is 167 Å². The molecule has 0 unspecified atom stereocenters. The molecular formula is C18H18ClN3O4S. The lowest BCUT2D eigenvalue weighted by Crippen LogP contribution is -2.49. The molecule has 27 heavy (non-hydrogen) atoms. The summed E-state index contributed by atoms with van der Waals surface area (Å²) in [5.74, 6) is -0.0174. The van der Waals surface area contributed by atoms with Crippen molar-refractivity contribution < 1.29 is 19.1 Å². The highest BCUT2D eigenvalue weighted by Crippen LogP contribution is 2.20. The van der Waals surface area contributed by atoms with Gasteiger partial charge in [0.05, 0.1) is 12.7 Å². The van der Waals surface area contributed by atoms with Crippen molar-refractivity contribution in [2.45, 2.75) is 6.92 Å². The number of nitrogens with one attached hydrogen (secondary N) is 3. The van der Waals surface area contributed by atoms with Gasteiger partial charge < -0.3 is 9.47 Å². The highest BCUT2D eigenvalue weighted by molar-refractivity contribution is 7.80. The molecule has 7 nitrogen and oxygen atoms in total. The molecule has 0 heterocycles. The minimum atomic E-state index is -0.475. The predicted octanol–water partition coefficient (Wildman–Crippen LogP) is 2.37.